The molecule has 0 aliphatic carbocycles. The third-order valence-corrected chi connectivity index (χ3v) is 6.31. The van der Waals surface area contributed by atoms with Crippen molar-refractivity contribution in [3.8, 4) is 0 Å². The van der Waals surface area contributed by atoms with Gasteiger partial charge in [-0.05, 0) is 55.1 Å². The van der Waals surface area contributed by atoms with E-state index in [4.69, 9.17) is 0 Å². The summed E-state index contributed by atoms with van der Waals surface area (Å²) in [5.41, 5.74) is 1.24. The molecule has 1 heterocycles. The number of rotatable bonds is 8. The number of amides is 1. The van der Waals surface area contributed by atoms with Gasteiger partial charge in [0, 0.05) is 51.0 Å². The predicted molar refractivity (Wildman–Crippen MR) is 127 cm³/mol. The standard InChI is InChI=1S/C26H33F4N3O/c1-19(2)23-8-4-5-9-24(23)33-14-12-32(13-15-33)11-7-6-10-31(3)25(34)20-16-21(26(28,29)30)18-22(27)17-20/h4-5,8-9,16-19H,6-7,10-15H2,1-3H3. The number of halogens is 4. The highest BCUT2D eigenvalue weighted by Crippen LogP contribution is 2.31. The van der Waals surface area contributed by atoms with Crippen molar-refractivity contribution in [2.75, 3.05) is 51.2 Å². The molecule has 186 valence electrons. The summed E-state index contributed by atoms with van der Waals surface area (Å²) in [7, 11) is 1.53. The Morgan fingerprint density at radius 3 is 2.35 bits per heavy atom. The molecule has 2 aromatic rings. The van der Waals surface area contributed by atoms with Crippen molar-refractivity contribution < 1.29 is 22.4 Å². The highest BCUT2D eigenvalue weighted by Gasteiger charge is 2.32. The van der Waals surface area contributed by atoms with Gasteiger partial charge < -0.3 is 9.80 Å². The van der Waals surface area contributed by atoms with Crippen LogP contribution in [-0.4, -0.2) is 62.0 Å². The van der Waals surface area contributed by atoms with E-state index in [1.807, 2.05) is 0 Å². The smallest absolute Gasteiger partial charge is 0.369 e. The van der Waals surface area contributed by atoms with E-state index in [2.05, 4.69) is 47.9 Å². The maximum atomic E-state index is 13.6. The lowest BCUT2D eigenvalue weighted by molar-refractivity contribution is -0.137. The van der Waals surface area contributed by atoms with Gasteiger partial charge in [-0.2, -0.15) is 13.2 Å². The van der Waals surface area contributed by atoms with Gasteiger partial charge in [0.25, 0.3) is 5.91 Å². The molecule has 1 fully saturated rings. The fourth-order valence-electron chi connectivity index (χ4n) is 4.36. The zero-order valence-electron chi connectivity index (χ0n) is 20.0. The molecule has 2 aromatic carbocycles. The summed E-state index contributed by atoms with van der Waals surface area (Å²) in [4.78, 5) is 18.7. The highest BCUT2D eigenvalue weighted by molar-refractivity contribution is 5.94. The first-order valence-corrected chi connectivity index (χ1v) is 11.8. The van der Waals surface area contributed by atoms with Crippen LogP contribution >= 0.6 is 0 Å². The van der Waals surface area contributed by atoms with Gasteiger partial charge in [-0.15, -0.1) is 0 Å². The van der Waals surface area contributed by atoms with E-state index in [0.717, 1.165) is 51.6 Å². The van der Waals surface area contributed by atoms with Gasteiger partial charge in [0.15, 0.2) is 0 Å². The Bertz CT molecular complexity index is 969. The summed E-state index contributed by atoms with van der Waals surface area (Å²) in [6.45, 7) is 9.57. The van der Waals surface area contributed by atoms with Gasteiger partial charge >= 0.3 is 6.18 Å². The lowest BCUT2D eigenvalue weighted by Gasteiger charge is -2.37. The lowest BCUT2D eigenvalue weighted by atomic mass is 10.00. The summed E-state index contributed by atoms with van der Waals surface area (Å²) in [6, 6.07) is 10.5. The first-order chi connectivity index (χ1) is 16.1. The Morgan fingerprint density at radius 2 is 1.71 bits per heavy atom. The van der Waals surface area contributed by atoms with Crippen LogP contribution in [0, 0.1) is 5.82 Å². The van der Waals surface area contributed by atoms with Crippen LogP contribution < -0.4 is 4.90 Å². The number of anilines is 1. The van der Waals surface area contributed by atoms with Crippen molar-refractivity contribution in [2.24, 2.45) is 0 Å². The number of hydrogen-bond acceptors (Lipinski definition) is 3. The largest absolute Gasteiger partial charge is 0.416 e. The van der Waals surface area contributed by atoms with E-state index in [0.29, 0.717) is 24.6 Å². The molecular formula is C26H33F4N3O. The van der Waals surface area contributed by atoms with Gasteiger partial charge in [-0.25, -0.2) is 4.39 Å². The van der Waals surface area contributed by atoms with Crippen LogP contribution in [0.4, 0.5) is 23.2 Å². The highest BCUT2D eigenvalue weighted by atomic mass is 19.4. The van der Waals surface area contributed by atoms with Crippen molar-refractivity contribution in [3.05, 3.63) is 65.0 Å². The Labute approximate surface area is 199 Å². The van der Waals surface area contributed by atoms with E-state index < -0.39 is 23.5 Å². The van der Waals surface area contributed by atoms with Crippen LogP contribution in [0.2, 0.25) is 0 Å². The minimum atomic E-state index is -4.70. The second-order valence-electron chi connectivity index (χ2n) is 9.20. The van der Waals surface area contributed by atoms with Crippen LogP contribution in [0.5, 0.6) is 0 Å². The zero-order chi connectivity index (χ0) is 24.9. The summed E-state index contributed by atoms with van der Waals surface area (Å²) in [5.74, 6) is -1.20. The Kier molecular flexibility index (Phi) is 8.57. The molecule has 1 aliphatic rings. The monoisotopic (exact) mass is 479 g/mol. The number of unbranched alkanes of at least 4 members (excludes halogenated alkanes) is 1. The van der Waals surface area contributed by atoms with E-state index in [1.165, 1.54) is 23.2 Å². The third-order valence-electron chi connectivity index (χ3n) is 6.31. The number of para-hydroxylation sites is 1. The molecule has 0 saturated carbocycles. The first kappa shape index (κ1) is 26.0. The fraction of sp³-hybridized carbons (Fsp3) is 0.500. The number of alkyl halides is 3. The number of hydrogen-bond donors (Lipinski definition) is 0. The topological polar surface area (TPSA) is 26.8 Å². The molecule has 0 N–H and O–H groups in total. The minimum absolute atomic E-state index is 0.285. The van der Waals surface area contributed by atoms with Crippen LogP contribution in [-0.2, 0) is 6.18 Å². The van der Waals surface area contributed by atoms with Gasteiger partial charge in [-0.3, -0.25) is 9.69 Å². The molecule has 0 radical (unpaired) electrons. The lowest BCUT2D eigenvalue weighted by Crippen LogP contribution is -2.47. The molecule has 0 unspecified atom stereocenters. The molecule has 3 rings (SSSR count). The summed E-state index contributed by atoms with van der Waals surface area (Å²) in [6.07, 6.45) is -3.10. The molecule has 1 saturated heterocycles. The van der Waals surface area contributed by atoms with Crippen LogP contribution in [0.1, 0.15) is 54.1 Å². The molecular weight excluding hydrogens is 446 g/mol. The molecule has 1 aliphatic heterocycles. The normalized spacial score (nSPS) is 15.1. The molecule has 4 nitrogen and oxygen atoms in total. The van der Waals surface area contributed by atoms with Crippen LogP contribution in [0.3, 0.4) is 0 Å². The van der Waals surface area contributed by atoms with Gasteiger partial charge in [-0.1, -0.05) is 32.0 Å². The molecule has 0 spiro atoms. The minimum Gasteiger partial charge on any atom is -0.369 e. The molecule has 0 bridgehead atoms. The number of benzene rings is 2. The molecule has 0 atom stereocenters. The fourth-order valence-corrected chi connectivity index (χ4v) is 4.36. The van der Waals surface area contributed by atoms with E-state index >= 15 is 0 Å². The average Bonchev–Trinajstić information content (AvgIpc) is 2.80. The SMILES string of the molecule is CC(C)c1ccccc1N1CCN(CCCCN(C)C(=O)c2cc(F)cc(C(F)(F)F)c2)CC1. The summed E-state index contributed by atoms with van der Waals surface area (Å²) in [5, 5.41) is 0. The molecule has 0 aromatic heterocycles. The Hall–Kier alpha value is -2.61. The van der Waals surface area contributed by atoms with Gasteiger partial charge in [0.2, 0.25) is 0 Å². The molecule has 8 heteroatoms. The molecule has 1 amide bonds. The van der Waals surface area contributed by atoms with Crippen LogP contribution in [0.25, 0.3) is 0 Å². The number of carbonyl (C=O) groups excluding carboxylic acids is 1. The zero-order valence-corrected chi connectivity index (χ0v) is 20.0. The quantitative estimate of drug-likeness (QED) is 0.362. The van der Waals surface area contributed by atoms with Gasteiger partial charge in [0.1, 0.15) is 5.82 Å². The van der Waals surface area contributed by atoms with Crippen molar-refractivity contribution in [1.29, 1.82) is 0 Å². The Balaban J connectivity index is 1.43. The number of carbonyl (C=O) groups is 1. The van der Waals surface area contributed by atoms with E-state index in [-0.39, 0.29) is 5.56 Å². The van der Waals surface area contributed by atoms with Crippen molar-refractivity contribution >= 4 is 11.6 Å². The third kappa shape index (κ3) is 6.72. The maximum Gasteiger partial charge on any atom is 0.416 e. The maximum absolute atomic E-state index is 13.6. The number of nitrogens with zero attached hydrogens (tertiary/aromatic N) is 3. The average molecular weight is 480 g/mol. The first-order valence-electron chi connectivity index (χ1n) is 11.8. The van der Waals surface area contributed by atoms with Crippen LogP contribution in [0.15, 0.2) is 42.5 Å². The Morgan fingerprint density at radius 1 is 1.03 bits per heavy atom. The second-order valence-corrected chi connectivity index (χ2v) is 9.20. The van der Waals surface area contributed by atoms with Crippen molar-refractivity contribution in [1.82, 2.24) is 9.80 Å². The second kappa shape index (κ2) is 11.2. The van der Waals surface area contributed by atoms with Crippen molar-refractivity contribution in [3.63, 3.8) is 0 Å². The predicted octanol–water partition coefficient (Wildman–Crippen LogP) is 5.64. The summed E-state index contributed by atoms with van der Waals surface area (Å²) < 4.78 is 52.4. The summed E-state index contributed by atoms with van der Waals surface area (Å²) >= 11 is 0. The van der Waals surface area contributed by atoms with E-state index in [1.54, 1.807) is 0 Å². The molecule has 34 heavy (non-hydrogen) atoms. The van der Waals surface area contributed by atoms with Gasteiger partial charge in [0.05, 0.1) is 5.56 Å². The van der Waals surface area contributed by atoms with E-state index in [9.17, 15) is 22.4 Å². The van der Waals surface area contributed by atoms with Crippen molar-refractivity contribution in [2.45, 2.75) is 38.8 Å². The number of piperazine rings is 1.